The number of hydrogen-bond donors (Lipinski definition) is 0. The first-order chi connectivity index (χ1) is 7.11. The minimum atomic E-state index is -0.933. The monoisotopic (exact) mass is 219 g/mol. The largest absolute Gasteiger partial charge is 0.0691 e. The molecular weight excluding hydrogens is 196 g/mol. The van der Waals surface area contributed by atoms with Crippen LogP contribution in [0.2, 0.25) is 25.2 Å². The van der Waals surface area contributed by atoms with Crippen molar-refractivity contribution in [3.63, 3.8) is 0 Å². The topological polar surface area (TPSA) is 0 Å². The van der Waals surface area contributed by atoms with Gasteiger partial charge in [-0.25, -0.2) is 0 Å². The summed E-state index contributed by atoms with van der Waals surface area (Å²) in [6.45, 7) is 7.38. The Balaban J connectivity index is 1.99. The highest BCUT2D eigenvalue weighted by atomic mass is 28.3. The summed E-state index contributed by atoms with van der Waals surface area (Å²) in [5.74, 6) is 0. The molecule has 0 saturated heterocycles. The molecule has 83 valence electrons. The molecule has 15 heavy (non-hydrogen) atoms. The molecule has 1 heteroatoms. The fourth-order valence-electron chi connectivity index (χ4n) is 2.55. The highest BCUT2D eigenvalue weighted by molar-refractivity contribution is 6.77. The van der Waals surface area contributed by atoms with E-state index in [0.717, 1.165) is 0 Å². The van der Waals surface area contributed by atoms with Crippen LogP contribution in [0, 0.1) is 6.42 Å². The lowest BCUT2D eigenvalue weighted by molar-refractivity contribution is 0.693. The van der Waals surface area contributed by atoms with Crippen molar-refractivity contribution in [3.8, 4) is 0 Å². The first kappa shape index (κ1) is 11.2. The minimum absolute atomic E-state index is 0.933. The van der Waals surface area contributed by atoms with Crippen molar-refractivity contribution in [3.05, 3.63) is 29.2 Å². The van der Waals surface area contributed by atoms with E-state index in [9.17, 15) is 0 Å². The second-order valence-corrected chi connectivity index (χ2v) is 11.2. The molecule has 0 amide bonds. The molecule has 0 aliphatic heterocycles. The van der Waals surface area contributed by atoms with Gasteiger partial charge in [-0.2, -0.15) is 0 Å². The molecule has 0 aromatic rings. The Morgan fingerprint density at radius 2 is 1.80 bits per heavy atom. The number of hydrogen-bond acceptors (Lipinski definition) is 0. The lowest BCUT2D eigenvalue weighted by atomic mass is 9.94. The normalized spacial score (nSPS) is 21.7. The number of allylic oxidation sites excluding steroid dienone is 4. The van der Waals surface area contributed by atoms with Crippen molar-refractivity contribution in [2.24, 2.45) is 0 Å². The fraction of sp³-hybridized carbons (Fsp3) is 0.643. The third-order valence-corrected chi connectivity index (χ3v) is 7.19. The first-order valence-corrected chi connectivity index (χ1v) is 9.79. The smallest absolute Gasteiger partial charge is 0.0511 e. The predicted molar refractivity (Wildman–Crippen MR) is 70.6 cm³/mol. The van der Waals surface area contributed by atoms with Crippen molar-refractivity contribution in [1.82, 2.24) is 0 Å². The van der Waals surface area contributed by atoms with E-state index in [1.807, 2.05) is 0 Å². The van der Waals surface area contributed by atoms with Crippen LogP contribution in [0.4, 0.5) is 0 Å². The van der Waals surface area contributed by atoms with Crippen LogP contribution in [0.5, 0.6) is 0 Å². The molecule has 2 aliphatic carbocycles. The Morgan fingerprint density at radius 1 is 1.13 bits per heavy atom. The second kappa shape index (κ2) is 4.29. The van der Waals surface area contributed by atoms with E-state index >= 15 is 0 Å². The molecule has 0 nitrogen and oxygen atoms in total. The summed E-state index contributed by atoms with van der Waals surface area (Å²) in [4.78, 5) is 0. The summed E-state index contributed by atoms with van der Waals surface area (Å²) < 4.78 is 0. The molecule has 0 atom stereocenters. The van der Waals surface area contributed by atoms with Crippen LogP contribution in [-0.2, 0) is 0 Å². The molecule has 2 rings (SSSR count). The maximum atomic E-state index is 2.51. The summed E-state index contributed by atoms with van der Waals surface area (Å²) >= 11 is 0. The maximum absolute atomic E-state index is 2.51. The summed E-state index contributed by atoms with van der Waals surface area (Å²) in [6.07, 6.45) is 10.5. The second-order valence-electron chi connectivity index (χ2n) is 5.82. The van der Waals surface area contributed by atoms with Gasteiger partial charge in [0.25, 0.3) is 0 Å². The molecule has 0 heterocycles. The zero-order chi connectivity index (χ0) is 10.9. The summed E-state index contributed by atoms with van der Waals surface area (Å²) in [5, 5.41) is 0. The Labute approximate surface area is 95.5 Å². The standard InChI is InChI=1S/C14H23Si/c1-4-15(2,3)11-12-9-13-7-5-6-8-14(13)10-12/h9-10H,4-8,11H2,1-3H3. The fourth-order valence-corrected chi connectivity index (χ4v) is 4.11. The van der Waals surface area contributed by atoms with Gasteiger partial charge in [-0.05, 0) is 37.3 Å². The highest BCUT2D eigenvalue weighted by Gasteiger charge is 2.25. The van der Waals surface area contributed by atoms with Gasteiger partial charge in [-0.15, -0.1) is 0 Å². The molecule has 0 aromatic carbocycles. The molecule has 0 N–H and O–H groups in total. The van der Waals surface area contributed by atoms with Gasteiger partial charge in [-0.3, -0.25) is 0 Å². The predicted octanol–water partition coefficient (Wildman–Crippen LogP) is 4.73. The van der Waals surface area contributed by atoms with Crippen LogP contribution < -0.4 is 0 Å². The average Bonchev–Trinajstić information content (AvgIpc) is 2.58. The van der Waals surface area contributed by atoms with Gasteiger partial charge in [0.15, 0.2) is 0 Å². The van der Waals surface area contributed by atoms with Gasteiger partial charge in [0, 0.05) is 6.42 Å². The molecule has 0 spiro atoms. The Kier molecular flexibility index (Phi) is 3.20. The van der Waals surface area contributed by atoms with E-state index in [1.165, 1.54) is 37.8 Å². The molecule has 2 aliphatic rings. The van der Waals surface area contributed by atoms with Crippen LogP contribution >= 0.6 is 0 Å². The van der Waals surface area contributed by atoms with Gasteiger partial charge in [0.05, 0.1) is 8.07 Å². The molecular formula is C14H23Si. The van der Waals surface area contributed by atoms with Crippen molar-refractivity contribution in [2.75, 3.05) is 0 Å². The van der Waals surface area contributed by atoms with Gasteiger partial charge >= 0.3 is 0 Å². The Morgan fingerprint density at radius 3 is 2.40 bits per heavy atom. The Hall–Kier alpha value is -0.303. The average molecular weight is 219 g/mol. The lowest BCUT2D eigenvalue weighted by Gasteiger charge is -2.20. The van der Waals surface area contributed by atoms with Crippen molar-refractivity contribution >= 4 is 8.07 Å². The third-order valence-electron chi connectivity index (χ3n) is 3.91. The zero-order valence-corrected chi connectivity index (χ0v) is 11.4. The Bertz CT molecular complexity index is 307. The van der Waals surface area contributed by atoms with Crippen LogP contribution in [0.25, 0.3) is 0 Å². The summed E-state index contributed by atoms with van der Waals surface area (Å²) in [6, 6.07) is 2.79. The molecule has 1 radical (unpaired) electrons. The van der Waals surface area contributed by atoms with Gasteiger partial charge in [-0.1, -0.05) is 43.3 Å². The molecule has 0 saturated carbocycles. The van der Waals surface area contributed by atoms with Gasteiger partial charge < -0.3 is 0 Å². The van der Waals surface area contributed by atoms with Crippen LogP contribution in [-0.4, -0.2) is 8.07 Å². The third kappa shape index (κ3) is 2.63. The van der Waals surface area contributed by atoms with E-state index in [-0.39, 0.29) is 0 Å². The maximum Gasteiger partial charge on any atom is 0.0511 e. The molecule has 0 bridgehead atoms. The van der Waals surface area contributed by atoms with E-state index in [2.05, 4.69) is 32.5 Å². The van der Waals surface area contributed by atoms with Gasteiger partial charge in [0.1, 0.15) is 0 Å². The molecule has 0 fully saturated rings. The first-order valence-electron chi connectivity index (χ1n) is 6.38. The van der Waals surface area contributed by atoms with Crippen LogP contribution in [0.15, 0.2) is 22.8 Å². The lowest BCUT2D eigenvalue weighted by Crippen LogP contribution is -2.23. The highest BCUT2D eigenvalue weighted by Crippen LogP contribution is 2.38. The minimum Gasteiger partial charge on any atom is -0.0691 e. The van der Waals surface area contributed by atoms with Crippen molar-refractivity contribution < 1.29 is 0 Å². The van der Waals surface area contributed by atoms with Crippen LogP contribution in [0.1, 0.15) is 32.6 Å². The van der Waals surface area contributed by atoms with E-state index < -0.39 is 8.07 Å². The van der Waals surface area contributed by atoms with Gasteiger partial charge in [0.2, 0.25) is 0 Å². The van der Waals surface area contributed by atoms with Crippen LogP contribution in [0.3, 0.4) is 0 Å². The number of rotatable bonds is 3. The van der Waals surface area contributed by atoms with E-state index in [4.69, 9.17) is 0 Å². The van der Waals surface area contributed by atoms with Crippen molar-refractivity contribution in [1.29, 1.82) is 0 Å². The summed E-state index contributed by atoms with van der Waals surface area (Å²) in [5.41, 5.74) is 4.97. The van der Waals surface area contributed by atoms with Crippen molar-refractivity contribution in [2.45, 2.75) is 57.8 Å². The molecule has 0 aromatic heterocycles. The van der Waals surface area contributed by atoms with E-state index in [0.29, 0.717) is 0 Å². The van der Waals surface area contributed by atoms with E-state index in [1.54, 1.807) is 16.7 Å². The molecule has 0 unspecified atom stereocenters. The zero-order valence-electron chi connectivity index (χ0n) is 10.4. The quantitative estimate of drug-likeness (QED) is 0.602. The summed E-state index contributed by atoms with van der Waals surface area (Å²) in [7, 11) is -0.933. The SMILES string of the molecule is CC[Si](C)(C)CC1=CC2=C([CH]1)CCCC2.